The molecule has 0 saturated heterocycles. The lowest BCUT2D eigenvalue weighted by Crippen LogP contribution is -2.44. The van der Waals surface area contributed by atoms with Gasteiger partial charge in [0.15, 0.2) is 5.16 Å². The SMILES string of the molecule is C[C@@H]1[C@@H](C)CCC[C@H]1NC(=O)CSc1nc2ccccc2c(=O)n1C1CC1. The third-order valence-corrected chi connectivity index (χ3v) is 7.03. The molecule has 1 N–H and O–H groups in total. The molecule has 6 heteroatoms. The van der Waals surface area contributed by atoms with Crippen LogP contribution in [0.1, 0.15) is 52.0 Å². The maximum Gasteiger partial charge on any atom is 0.262 e. The highest BCUT2D eigenvalue weighted by molar-refractivity contribution is 7.99. The number of nitrogens with one attached hydrogen (secondary N) is 1. The number of fused-ring (bicyclic) bond motifs is 1. The number of thioether (sulfide) groups is 1. The van der Waals surface area contributed by atoms with Crippen molar-refractivity contribution in [1.82, 2.24) is 14.9 Å². The second kappa shape index (κ2) is 7.66. The van der Waals surface area contributed by atoms with Crippen LogP contribution in [0.5, 0.6) is 0 Å². The van der Waals surface area contributed by atoms with Gasteiger partial charge in [0, 0.05) is 12.1 Å². The molecule has 0 bridgehead atoms. The first-order valence-electron chi connectivity index (χ1n) is 9.98. The third-order valence-electron chi connectivity index (χ3n) is 6.07. The van der Waals surface area contributed by atoms with Crippen molar-refractivity contribution in [3.63, 3.8) is 0 Å². The largest absolute Gasteiger partial charge is 0.352 e. The molecule has 0 radical (unpaired) electrons. The van der Waals surface area contributed by atoms with Gasteiger partial charge >= 0.3 is 0 Å². The fourth-order valence-electron chi connectivity index (χ4n) is 4.05. The molecule has 2 fully saturated rings. The van der Waals surface area contributed by atoms with Crippen molar-refractivity contribution in [1.29, 1.82) is 0 Å². The van der Waals surface area contributed by atoms with Gasteiger partial charge in [-0.05, 0) is 43.2 Å². The predicted octanol–water partition coefficient (Wildman–Crippen LogP) is 3.76. The summed E-state index contributed by atoms with van der Waals surface area (Å²) in [6.45, 7) is 4.50. The van der Waals surface area contributed by atoms with Gasteiger partial charge in [-0.25, -0.2) is 4.98 Å². The Balaban J connectivity index is 1.49. The van der Waals surface area contributed by atoms with Gasteiger partial charge in [0.05, 0.1) is 16.7 Å². The normalized spacial score (nSPS) is 25.5. The zero-order valence-corrected chi connectivity index (χ0v) is 16.8. The van der Waals surface area contributed by atoms with Crippen LogP contribution >= 0.6 is 11.8 Å². The number of benzene rings is 1. The number of nitrogens with zero attached hydrogens (tertiary/aromatic N) is 2. The van der Waals surface area contributed by atoms with Crippen LogP contribution in [0.15, 0.2) is 34.2 Å². The molecular formula is C21H27N3O2S. The molecule has 2 aliphatic carbocycles. The number of hydrogen-bond donors (Lipinski definition) is 1. The van der Waals surface area contributed by atoms with Crippen LogP contribution in [-0.4, -0.2) is 27.3 Å². The van der Waals surface area contributed by atoms with E-state index in [0.29, 0.717) is 33.6 Å². The van der Waals surface area contributed by atoms with E-state index in [1.165, 1.54) is 24.6 Å². The minimum absolute atomic E-state index is 0.0146. The van der Waals surface area contributed by atoms with Crippen molar-refractivity contribution < 1.29 is 4.79 Å². The molecule has 2 aliphatic rings. The first kappa shape index (κ1) is 18.5. The molecule has 1 heterocycles. The van der Waals surface area contributed by atoms with E-state index in [0.717, 1.165) is 19.3 Å². The summed E-state index contributed by atoms with van der Waals surface area (Å²) in [6, 6.07) is 7.95. The van der Waals surface area contributed by atoms with E-state index in [9.17, 15) is 9.59 Å². The number of carbonyl (C=O) groups is 1. The van der Waals surface area contributed by atoms with Crippen molar-refractivity contribution >= 4 is 28.6 Å². The molecule has 144 valence electrons. The Morgan fingerprint density at radius 1 is 1.22 bits per heavy atom. The van der Waals surface area contributed by atoms with Gasteiger partial charge in [0.25, 0.3) is 5.56 Å². The summed E-state index contributed by atoms with van der Waals surface area (Å²) < 4.78 is 1.80. The average molecular weight is 386 g/mol. The highest BCUT2D eigenvalue weighted by Gasteiger charge is 2.30. The van der Waals surface area contributed by atoms with Gasteiger partial charge in [0.2, 0.25) is 5.91 Å². The Morgan fingerprint density at radius 2 is 2.00 bits per heavy atom. The molecule has 27 heavy (non-hydrogen) atoms. The zero-order valence-electron chi connectivity index (χ0n) is 16.0. The lowest BCUT2D eigenvalue weighted by Gasteiger charge is -2.34. The standard InChI is InChI=1S/C21H27N3O2S/c1-13-6-5-9-17(14(13)2)22-19(25)12-27-21-23-18-8-4-3-7-16(18)20(26)24(21)15-10-11-15/h3-4,7-8,13-15,17H,5-6,9-12H2,1-2H3,(H,22,25)/t13-,14+,17+/m0/s1. The Morgan fingerprint density at radius 3 is 2.78 bits per heavy atom. The minimum atomic E-state index is 0.0146. The van der Waals surface area contributed by atoms with Gasteiger partial charge in [0.1, 0.15) is 0 Å². The van der Waals surface area contributed by atoms with E-state index in [4.69, 9.17) is 0 Å². The zero-order chi connectivity index (χ0) is 19.0. The summed E-state index contributed by atoms with van der Waals surface area (Å²) in [6.07, 6.45) is 5.51. The van der Waals surface area contributed by atoms with Crippen LogP contribution < -0.4 is 10.9 Å². The topological polar surface area (TPSA) is 64.0 Å². The van der Waals surface area contributed by atoms with Crippen molar-refractivity contribution in [2.45, 2.75) is 63.2 Å². The van der Waals surface area contributed by atoms with Crippen molar-refractivity contribution in [3.8, 4) is 0 Å². The molecule has 2 aromatic rings. The molecule has 3 atom stereocenters. The number of para-hydroxylation sites is 1. The van der Waals surface area contributed by atoms with E-state index >= 15 is 0 Å². The van der Waals surface area contributed by atoms with E-state index in [1.807, 2.05) is 24.3 Å². The average Bonchev–Trinajstić information content (AvgIpc) is 3.49. The summed E-state index contributed by atoms with van der Waals surface area (Å²) in [5.41, 5.74) is 0.720. The Hall–Kier alpha value is -1.82. The Bertz CT molecular complexity index is 906. The monoisotopic (exact) mass is 385 g/mol. The highest BCUT2D eigenvalue weighted by atomic mass is 32.2. The smallest absolute Gasteiger partial charge is 0.262 e. The van der Waals surface area contributed by atoms with Gasteiger partial charge in [-0.3, -0.25) is 14.2 Å². The predicted molar refractivity (Wildman–Crippen MR) is 109 cm³/mol. The van der Waals surface area contributed by atoms with Crippen LogP contribution in [0.2, 0.25) is 0 Å². The lowest BCUT2D eigenvalue weighted by atomic mass is 9.78. The van der Waals surface area contributed by atoms with Crippen LogP contribution in [0, 0.1) is 11.8 Å². The maximum absolute atomic E-state index is 12.9. The molecule has 0 aliphatic heterocycles. The molecule has 1 amide bonds. The quantitative estimate of drug-likeness (QED) is 0.629. The number of hydrogen-bond acceptors (Lipinski definition) is 4. The fraction of sp³-hybridized carbons (Fsp3) is 0.571. The van der Waals surface area contributed by atoms with Gasteiger partial charge in [-0.1, -0.05) is 50.6 Å². The molecule has 5 nitrogen and oxygen atoms in total. The van der Waals surface area contributed by atoms with Gasteiger partial charge < -0.3 is 5.32 Å². The summed E-state index contributed by atoms with van der Waals surface area (Å²) in [5.74, 6) is 1.50. The van der Waals surface area contributed by atoms with E-state index < -0.39 is 0 Å². The first-order valence-corrected chi connectivity index (χ1v) is 11.0. The molecule has 1 aromatic carbocycles. The lowest BCUT2D eigenvalue weighted by molar-refractivity contribution is -0.120. The van der Waals surface area contributed by atoms with Crippen LogP contribution in [0.25, 0.3) is 10.9 Å². The number of rotatable bonds is 5. The molecule has 1 aromatic heterocycles. The van der Waals surface area contributed by atoms with E-state index in [2.05, 4.69) is 24.1 Å². The van der Waals surface area contributed by atoms with Gasteiger partial charge in [-0.2, -0.15) is 0 Å². The summed E-state index contributed by atoms with van der Waals surface area (Å²) in [4.78, 5) is 30.1. The van der Waals surface area contributed by atoms with Crippen LogP contribution in [0.4, 0.5) is 0 Å². The highest BCUT2D eigenvalue weighted by Crippen LogP contribution is 2.37. The Labute approximate surface area is 163 Å². The second-order valence-corrected chi connectivity index (χ2v) is 8.99. The molecule has 4 rings (SSSR count). The second-order valence-electron chi connectivity index (χ2n) is 8.05. The Kier molecular flexibility index (Phi) is 5.26. The molecular weight excluding hydrogens is 358 g/mol. The van der Waals surface area contributed by atoms with Crippen LogP contribution in [0.3, 0.4) is 0 Å². The number of amides is 1. The molecule has 2 saturated carbocycles. The van der Waals surface area contributed by atoms with Crippen molar-refractivity contribution in [2.75, 3.05) is 5.75 Å². The van der Waals surface area contributed by atoms with E-state index in [1.54, 1.807) is 4.57 Å². The fourth-order valence-corrected chi connectivity index (χ4v) is 4.92. The first-order chi connectivity index (χ1) is 13.0. The van der Waals surface area contributed by atoms with Crippen molar-refractivity contribution in [2.24, 2.45) is 11.8 Å². The minimum Gasteiger partial charge on any atom is -0.352 e. The summed E-state index contributed by atoms with van der Waals surface area (Å²) in [5, 5.41) is 4.53. The summed E-state index contributed by atoms with van der Waals surface area (Å²) >= 11 is 1.38. The van der Waals surface area contributed by atoms with Crippen LogP contribution in [-0.2, 0) is 4.79 Å². The number of carbonyl (C=O) groups excluding carboxylic acids is 1. The molecule has 0 unspecified atom stereocenters. The molecule has 0 spiro atoms. The van der Waals surface area contributed by atoms with Crippen molar-refractivity contribution in [3.05, 3.63) is 34.6 Å². The summed E-state index contributed by atoms with van der Waals surface area (Å²) in [7, 11) is 0. The van der Waals surface area contributed by atoms with E-state index in [-0.39, 0.29) is 23.6 Å². The van der Waals surface area contributed by atoms with Gasteiger partial charge in [-0.15, -0.1) is 0 Å². The number of aromatic nitrogens is 2. The maximum atomic E-state index is 12.9. The third kappa shape index (κ3) is 3.91.